The van der Waals surface area contributed by atoms with E-state index in [1.165, 1.54) is 0 Å². The number of nitrogens with zero attached hydrogens (tertiary/aromatic N) is 3. The maximum absolute atomic E-state index is 12.9. The highest BCUT2D eigenvalue weighted by Crippen LogP contribution is 2.31. The second kappa shape index (κ2) is 7.39. The molecule has 0 N–H and O–H groups in total. The summed E-state index contributed by atoms with van der Waals surface area (Å²) < 4.78 is 11.4. The highest BCUT2D eigenvalue weighted by Gasteiger charge is 2.33. The number of likely N-dealkylation sites (tertiary alicyclic amines) is 1. The Morgan fingerprint density at radius 3 is 2.46 bits per heavy atom. The summed E-state index contributed by atoms with van der Waals surface area (Å²) in [5, 5.41) is 0. The molecular formula is C19H27N3O4. The average Bonchev–Trinajstić information content (AvgIpc) is 3.11. The van der Waals surface area contributed by atoms with Crippen molar-refractivity contribution in [1.29, 1.82) is 0 Å². The van der Waals surface area contributed by atoms with E-state index < -0.39 is 0 Å². The first-order valence-corrected chi connectivity index (χ1v) is 9.72. The number of hydrogen-bond acceptors (Lipinski definition) is 5. The summed E-state index contributed by atoms with van der Waals surface area (Å²) in [5.74, 6) is 2.43. The lowest BCUT2D eigenvalue weighted by Crippen LogP contribution is -2.45. The fraction of sp³-hybridized carbons (Fsp3) is 0.737. The number of aromatic nitrogens is 1. The van der Waals surface area contributed by atoms with Crippen LogP contribution in [0, 0.1) is 5.92 Å². The predicted molar refractivity (Wildman–Crippen MR) is 93.4 cm³/mol. The molecule has 2 amide bonds. The van der Waals surface area contributed by atoms with Crippen LogP contribution in [0.5, 0.6) is 0 Å². The van der Waals surface area contributed by atoms with E-state index in [-0.39, 0.29) is 17.7 Å². The summed E-state index contributed by atoms with van der Waals surface area (Å²) in [4.78, 5) is 32.8. The SMILES string of the molecule is CC(=O)N1CCC(C(=O)N2CCc3oc(C4CCOCC4)nc3C2)CC1. The van der Waals surface area contributed by atoms with Gasteiger partial charge >= 0.3 is 0 Å². The largest absolute Gasteiger partial charge is 0.445 e. The number of carbonyl (C=O) groups is 2. The fourth-order valence-electron chi connectivity index (χ4n) is 4.23. The third kappa shape index (κ3) is 3.49. The molecule has 1 aromatic rings. The Balaban J connectivity index is 1.38. The third-order valence-electron chi connectivity index (χ3n) is 5.92. The minimum absolute atomic E-state index is 0.0222. The van der Waals surface area contributed by atoms with Crippen LogP contribution in [0.25, 0.3) is 0 Å². The van der Waals surface area contributed by atoms with Crippen molar-refractivity contribution >= 4 is 11.8 Å². The van der Waals surface area contributed by atoms with Crippen molar-refractivity contribution in [3.8, 4) is 0 Å². The second-order valence-corrected chi connectivity index (χ2v) is 7.60. The molecule has 4 heterocycles. The van der Waals surface area contributed by atoms with Gasteiger partial charge in [0.15, 0.2) is 5.89 Å². The van der Waals surface area contributed by atoms with Crippen LogP contribution in [-0.2, 0) is 27.3 Å². The van der Waals surface area contributed by atoms with Crippen LogP contribution in [0.2, 0.25) is 0 Å². The van der Waals surface area contributed by atoms with Crippen molar-refractivity contribution in [2.75, 3.05) is 32.8 Å². The van der Waals surface area contributed by atoms with Crippen molar-refractivity contribution in [2.45, 2.75) is 51.5 Å². The van der Waals surface area contributed by atoms with Crippen LogP contribution in [0.4, 0.5) is 0 Å². The number of piperidine rings is 1. The van der Waals surface area contributed by atoms with E-state index in [9.17, 15) is 9.59 Å². The van der Waals surface area contributed by atoms with E-state index >= 15 is 0 Å². The van der Waals surface area contributed by atoms with Crippen molar-refractivity contribution < 1.29 is 18.7 Å². The Hall–Kier alpha value is -1.89. The highest BCUT2D eigenvalue weighted by molar-refractivity contribution is 5.80. The van der Waals surface area contributed by atoms with Crippen LogP contribution in [0.1, 0.15) is 55.9 Å². The molecule has 0 radical (unpaired) electrons. The molecule has 0 unspecified atom stereocenters. The summed E-state index contributed by atoms with van der Waals surface area (Å²) in [6.45, 7) is 5.73. The molecule has 3 aliphatic heterocycles. The lowest BCUT2D eigenvalue weighted by atomic mass is 9.94. The zero-order valence-corrected chi connectivity index (χ0v) is 15.4. The van der Waals surface area contributed by atoms with Crippen LogP contribution < -0.4 is 0 Å². The minimum Gasteiger partial charge on any atom is -0.445 e. The number of rotatable bonds is 2. The van der Waals surface area contributed by atoms with E-state index in [0.29, 0.717) is 32.1 Å². The maximum atomic E-state index is 12.9. The first kappa shape index (κ1) is 17.5. The first-order valence-electron chi connectivity index (χ1n) is 9.72. The Labute approximate surface area is 153 Å². The van der Waals surface area contributed by atoms with Crippen LogP contribution in [-0.4, -0.2) is 59.4 Å². The molecule has 142 valence electrons. The summed E-state index contributed by atoms with van der Waals surface area (Å²) in [5.41, 5.74) is 0.923. The van der Waals surface area contributed by atoms with Gasteiger partial charge < -0.3 is 19.0 Å². The Kier molecular flexibility index (Phi) is 4.98. The quantitative estimate of drug-likeness (QED) is 0.802. The molecule has 0 aromatic carbocycles. The molecule has 26 heavy (non-hydrogen) atoms. The van der Waals surface area contributed by atoms with Gasteiger partial charge in [-0.2, -0.15) is 0 Å². The zero-order valence-electron chi connectivity index (χ0n) is 15.4. The van der Waals surface area contributed by atoms with Crippen molar-refractivity contribution in [2.24, 2.45) is 5.92 Å². The van der Waals surface area contributed by atoms with Gasteiger partial charge in [0.25, 0.3) is 0 Å². The topological polar surface area (TPSA) is 75.9 Å². The number of hydrogen-bond donors (Lipinski definition) is 0. The van der Waals surface area contributed by atoms with Crippen molar-refractivity contribution in [3.63, 3.8) is 0 Å². The van der Waals surface area contributed by atoms with Gasteiger partial charge in [0.05, 0.1) is 6.54 Å². The Morgan fingerprint density at radius 1 is 1.04 bits per heavy atom. The number of amides is 2. The van der Waals surface area contributed by atoms with Gasteiger partial charge in [-0.05, 0) is 25.7 Å². The van der Waals surface area contributed by atoms with Crippen LogP contribution >= 0.6 is 0 Å². The van der Waals surface area contributed by atoms with Gasteiger partial charge in [0.1, 0.15) is 11.5 Å². The minimum atomic E-state index is 0.0222. The summed E-state index contributed by atoms with van der Waals surface area (Å²) in [6, 6.07) is 0. The van der Waals surface area contributed by atoms with E-state index in [1.807, 2.05) is 9.80 Å². The number of oxazole rings is 1. The smallest absolute Gasteiger partial charge is 0.226 e. The molecular weight excluding hydrogens is 334 g/mol. The standard InChI is InChI=1S/C19H27N3O4/c1-13(23)21-7-2-15(3-8-21)19(24)22-9-4-17-16(12-22)20-18(26-17)14-5-10-25-11-6-14/h14-15H,2-12H2,1H3. The van der Waals surface area contributed by atoms with Gasteiger partial charge in [-0.1, -0.05) is 0 Å². The number of fused-ring (bicyclic) bond motifs is 1. The molecule has 2 fully saturated rings. The lowest BCUT2D eigenvalue weighted by molar-refractivity contribution is -0.140. The molecule has 0 saturated carbocycles. The predicted octanol–water partition coefficient (Wildman–Crippen LogP) is 1.71. The molecule has 0 aliphatic carbocycles. The molecule has 3 aliphatic rings. The van der Waals surface area contributed by atoms with Crippen molar-refractivity contribution in [3.05, 3.63) is 17.3 Å². The number of carbonyl (C=O) groups excluding carboxylic acids is 2. The molecule has 4 rings (SSSR count). The first-order chi connectivity index (χ1) is 12.6. The van der Waals surface area contributed by atoms with Gasteiger partial charge in [0, 0.05) is 58.0 Å². The molecule has 0 atom stereocenters. The third-order valence-corrected chi connectivity index (χ3v) is 5.92. The normalized spacial score (nSPS) is 22.3. The Bertz CT molecular complexity index is 672. The van der Waals surface area contributed by atoms with Crippen molar-refractivity contribution in [1.82, 2.24) is 14.8 Å². The molecule has 1 aromatic heterocycles. The summed E-state index contributed by atoms with van der Waals surface area (Å²) in [6.07, 6.45) is 4.17. The molecule has 2 saturated heterocycles. The van der Waals surface area contributed by atoms with E-state index in [1.54, 1.807) is 6.92 Å². The van der Waals surface area contributed by atoms with E-state index in [2.05, 4.69) is 0 Å². The van der Waals surface area contributed by atoms with Gasteiger partial charge in [-0.15, -0.1) is 0 Å². The van der Waals surface area contributed by atoms with Gasteiger partial charge in [-0.3, -0.25) is 9.59 Å². The zero-order chi connectivity index (χ0) is 18.1. The molecule has 0 spiro atoms. The maximum Gasteiger partial charge on any atom is 0.226 e. The molecule has 7 nitrogen and oxygen atoms in total. The second-order valence-electron chi connectivity index (χ2n) is 7.60. The van der Waals surface area contributed by atoms with Crippen LogP contribution in [0.3, 0.4) is 0 Å². The van der Waals surface area contributed by atoms with Gasteiger partial charge in [0.2, 0.25) is 11.8 Å². The molecule has 0 bridgehead atoms. The highest BCUT2D eigenvalue weighted by atomic mass is 16.5. The summed E-state index contributed by atoms with van der Waals surface area (Å²) >= 11 is 0. The van der Waals surface area contributed by atoms with E-state index in [4.69, 9.17) is 14.1 Å². The lowest BCUT2D eigenvalue weighted by Gasteiger charge is -2.34. The van der Waals surface area contributed by atoms with Crippen LogP contribution in [0.15, 0.2) is 4.42 Å². The summed E-state index contributed by atoms with van der Waals surface area (Å²) in [7, 11) is 0. The monoisotopic (exact) mass is 361 g/mol. The Morgan fingerprint density at radius 2 is 1.77 bits per heavy atom. The fourth-order valence-corrected chi connectivity index (χ4v) is 4.23. The van der Waals surface area contributed by atoms with E-state index in [0.717, 1.165) is 62.7 Å². The number of ether oxygens (including phenoxy) is 1. The molecule has 7 heteroatoms. The average molecular weight is 361 g/mol. The van der Waals surface area contributed by atoms with Gasteiger partial charge in [-0.25, -0.2) is 4.98 Å².